The van der Waals surface area contributed by atoms with Gasteiger partial charge >= 0.3 is 11.5 Å². The van der Waals surface area contributed by atoms with Crippen molar-refractivity contribution in [1.82, 2.24) is 39.8 Å². The molecule has 23 nitrogen and oxygen atoms in total. The van der Waals surface area contributed by atoms with Crippen LogP contribution >= 0.6 is 0 Å². The molecule has 0 radical (unpaired) electrons. The average Bonchev–Trinajstić information content (AvgIpc) is 3.62. The standard InChI is InChI=1S/C20H20N4O3.C18H16N2O5.C13H14N4O3.C4H12N2/c1-12-13(2)23-19(25)16-17(22-12)15-9-6-10-21-18(15)24(20(16)26)27-11-14-7-4-3-5-8-14;1-2-24-18(23)14-15(21)13-9-6-10-19-16(13)20(17(14)22)25-11-12-7-4-3-5-8-12;1-6-7(2)16-12(18)9-10(15-6)8-4-3-5-14-11(8)17(20)13(9)19;1-3(5)4(2)6/h3-10,12-13,22H,11H2,1-2H3,(H,23,25);3-10,21H,2,11H2,1H3;3-7,15,20H,1-2H3,(H,16,18);3-4H,5-6H2,1-2H3. The zero-order valence-electron chi connectivity index (χ0n) is 44.0. The van der Waals surface area contributed by atoms with Crippen LogP contribution in [0.25, 0.3) is 33.1 Å². The third kappa shape index (κ3) is 12.3. The summed E-state index contributed by atoms with van der Waals surface area (Å²) >= 11 is 0. The van der Waals surface area contributed by atoms with E-state index in [0.717, 1.165) is 20.6 Å². The summed E-state index contributed by atoms with van der Waals surface area (Å²) < 4.78 is 7.31. The molecule has 0 spiro atoms. The van der Waals surface area contributed by atoms with Crippen molar-refractivity contribution in [3.8, 4) is 5.75 Å². The van der Waals surface area contributed by atoms with Crippen LogP contribution in [0.5, 0.6) is 5.75 Å². The Morgan fingerprint density at radius 2 is 0.974 bits per heavy atom. The summed E-state index contributed by atoms with van der Waals surface area (Å²) in [7, 11) is 0. The van der Waals surface area contributed by atoms with Crippen LogP contribution < -0.4 is 59.1 Å². The number of hydrogen-bond acceptors (Lipinski definition) is 18. The van der Waals surface area contributed by atoms with Gasteiger partial charge in [0.1, 0.15) is 30.1 Å². The summed E-state index contributed by atoms with van der Waals surface area (Å²) in [6.07, 6.45) is 4.54. The summed E-state index contributed by atoms with van der Waals surface area (Å²) in [4.78, 5) is 98.7. The molecule has 2 aliphatic rings. The zero-order valence-corrected chi connectivity index (χ0v) is 44.0. The van der Waals surface area contributed by atoms with Crippen molar-refractivity contribution >= 4 is 62.3 Å². The Morgan fingerprint density at radius 1 is 0.577 bits per heavy atom. The molecular weight excluding hydrogens is 1000 g/mol. The van der Waals surface area contributed by atoms with Gasteiger partial charge in [-0.15, -0.1) is 14.2 Å². The first-order valence-electron chi connectivity index (χ1n) is 25.0. The van der Waals surface area contributed by atoms with Gasteiger partial charge in [-0.2, -0.15) is 0 Å². The highest BCUT2D eigenvalue weighted by molar-refractivity contribution is 6.08. The van der Waals surface area contributed by atoms with Crippen molar-refractivity contribution < 1.29 is 39.1 Å². The Morgan fingerprint density at radius 3 is 1.44 bits per heavy atom. The monoisotopic (exact) mass is 1070 g/mol. The van der Waals surface area contributed by atoms with E-state index in [2.05, 4.69) is 36.2 Å². The number of nitrogens with zero attached hydrogens (tertiary/aromatic N) is 6. The Labute approximate surface area is 446 Å². The first kappa shape index (κ1) is 56.4. The van der Waals surface area contributed by atoms with E-state index in [0.29, 0.717) is 32.5 Å². The van der Waals surface area contributed by atoms with E-state index in [9.17, 15) is 39.1 Å². The minimum atomic E-state index is -0.909. The molecule has 2 amide bonds. The summed E-state index contributed by atoms with van der Waals surface area (Å²) in [5.74, 6) is -2.29. The predicted molar refractivity (Wildman–Crippen MR) is 294 cm³/mol. The Kier molecular flexibility index (Phi) is 18.1. The fourth-order valence-corrected chi connectivity index (χ4v) is 7.86. The quantitative estimate of drug-likeness (QED) is 0.0745. The first-order valence-corrected chi connectivity index (χ1v) is 25.0. The van der Waals surface area contributed by atoms with E-state index in [1.807, 2.05) is 108 Å². The number of carbonyl (C=O) groups excluding carboxylic acids is 3. The molecule has 78 heavy (non-hydrogen) atoms. The maximum absolute atomic E-state index is 13.1. The molecule has 8 heterocycles. The second kappa shape index (κ2) is 25.0. The van der Waals surface area contributed by atoms with Crippen LogP contribution in [0, 0.1) is 0 Å². The summed E-state index contributed by atoms with van der Waals surface area (Å²) in [5, 5.41) is 33.7. The van der Waals surface area contributed by atoms with Gasteiger partial charge in [-0.05, 0) is 96.0 Å². The molecule has 23 heteroatoms. The number of aromatic nitrogens is 6. The number of amides is 2. The van der Waals surface area contributed by atoms with Crippen LogP contribution in [-0.4, -0.2) is 100 Å². The zero-order chi connectivity index (χ0) is 56.4. The molecule has 408 valence electrons. The van der Waals surface area contributed by atoms with Crippen LogP contribution in [0.15, 0.2) is 130 Å². The fourth-order valence-electron chi connectivity index (χ4n) is 7.86. The van der Waals surface area contributed by atoms with Crippen molar-refractivity contribution in [1.29, 1.82) is 0 Å². The van der Waals surface area contributed by atoms with Crippen LogP contribution in [0.2, 0.25) is 0 Å². The van der Waals surface area contributed by atoms with Crippen molar-refractivity contribution in [3.63, 3.8) is 0 Å². The maximum Gasteiger partial charge on any atom is 0.347 e. The number of pyridine rings is 6. The van der Waals surface area contributed by atoms with Crippen LogP contribution in [-0.2, 0) is 18.0 Å². The van der Waals surface area contributed by atoms with E-state index in [1.165, 1.54) is 12.4 Å². The summed E-state index contributed by atoms with van der Waals surface area (Å²) in [6.45, 7) is 13.4. The van der Waals surface area contributed by atoms with E-state index in [1.54, 1.807) is 43.5 Å². The highest BCUT2D eigenvalue weighted by atomic mass is 16.7. The van der Waals surface area contributed by atoms with Crippen LogP contribution in [0.3, 0.4) is 0 Å². The van der Waals surface area contributed by atoms with Gasteiger partial charge in [-0.1, -0.05) is 60.7 Å². The molecule has 0 aliphatic carbocycles. The molecule has 6 atom stereocenters. The first-order chi connectivity index (χ1) is 37.3. The number of hydrogen-bond donors (Lipinski definition) is 8. The Bertz CT molecular complexity index is 3640. The molecule has 0 fully saturated rings. The fraction of sp³-hybridized carbons (Fsp3) is 0.291. The molecule has 10 rings (SSSR count). The third-order valence-corrected chi connectivity index (χ3v) is 12.8. The number of benzene rings is 2. The number of carbonyl (C=O) groups is 3. The van der Waals surface area contributed by atoms with Gasteiger partial charge in [0.25, 0.3) is 22.9 Å². The molecule has 8 aromatic rings. The van der Waals surface area contributed by atoms with E-state index in [4.69, 9.17) is 25.9 Å². The molecule has 0 bridgehead atoms. The molecule has 0 saturated heterocycles. The second-order valence-corrected chi connectivity index (χ2v) is 18.5. The lowest BCUT2D eigenvalue weighted by Crippen LogP contribution is -2.41. The minimum Gasteiger partial charge on any atom is -0.506 e. The Balaban J connectivity index is 0.000000162. The number of nitrogens with one attached hydrogen (secondary N) is 4. The lowest BCUT2D eigenvalue weighted by atomic mass is 10.1. The van der Waals surface area contributed by atoms with E-state index >= 15 is 0 Å². The molecule has 2 aliphatic heterocycles. The van der Waals surface area contributed by atoms with E-state index < -0.39 is 45.8 Å². The van der Waals surface area contributed by atoms with Gasteiger partial charge in [0.2, 0.25) is 0 Å². The highest BCUT2D eigenvalue weighted by Gasteiger charge is 2.32. The van der Waals surface area contributed by atoms with Crippen molar-refractivity contribution in [3.05, 3.63) is 175 Å². The van der Waals surface area contributed by atoms with Crippen LogP contribution in [0.1, 0.15) is 90.7 Å². The highest BCUT2D eigenvalue weighted by Crippen LogP contribution is 2.29. The van der Waals surface area contributed by atoms with Crippen LogP contribution in [0.4, 0.5) is 11.4 Å². The lowest BCUT2D eigenvalue weighted by molar-refractivity contribution is 0.0507. The summed E-state index contributed by atoms with van der Waals surface area (Å²) in [6, 6.07) is 28.8. The molecule has 10 N–H and O–H groups in total. The Hall–Kier alpha value is -9.35. The van der Waals surface area contributed by atoms with Crippen molar-refractivity contribution in [2.24, 2.45) is 11.5 Å². The van der Waals surface area contributed by atoms with Crippen molar-refractivity contribution in [2.45, 2.75) is 97.9 Å². The van der Waals surface area contributed by atoms with Gasteiger partial charge in [0.05, 0.1) is 23.4 Å². The average molecular weight is 1070 g/mol. The molecule has 6 aromatic heterocycles. The molecule has 2 aromatic carbocycles. The number of anilines is 2. The minimum absolute atomic E-state index is 0.0414. The number of ether oxygens (including phenoxy) is 1. The van der Waals surface area contributed by atoms with Gasteiger partial charge in [0, 0.05) is 65.6 Å². The maximum atomic E-state index is 13.1. The number of nitrogens with two attached hydrogens (primary N) is 2. The largest absolute Gasteiger partial charge is 0.506 e. The smallest absolute Gasteiger partial charge is 0.347 e. The second-order valence-electron chi connectivity index (χ2n) is 18.5. The van der Waals surface area contributed by atoms with Gasteiger partial charge < -0.3 is 57.5 Å². The van der Waals surface area contributed by atoms with E-state index in [-0.39, 0.29) is 83.9 Å². The van der Waals surface area contributed by atoms with Gasteiger partial charge in [-0.25, -0.2) is 19.7 Å². The number of rotatable bonds is 9. The molecule has 0 saturated carbocycles. The topological polar surface area (TPSA) is 324 Å². The van der Waals surface area contributed by atoms with Crippen molar-refractivity contribution in [2.75, 3.05) is 17.2 Å². The summed E-state index contributed by atoms with van der Waals surface area (Å²) in [5.41, 5.74) is 11.2. The lowest BCUT2D eigenvalue weighted by Gasteiger charge is -2.20. The third-order valence-electron chi connectivity index (χ3n) is 12.8. The molecular formula is C55H62N12O11. The predicted octanol–water partition coefficient (Wildman–Crippen LogP) is 4.11. The number of esters is 1. The number of fused-ring (bicyclic) bond motifs is 7. The van der Waals surface area contributed by atoms with Gasteiger partial charge in [0.15, 0.2) is 22.5 Å². The SMILES string of the molecule is CC(N)C(C)N.CC1NC(=O)c2c(c3cccnc3n(O)c2=O)NC1C.CC1NC(=O)c2c(c3cccnc3n(OCc3ccccc3)c2=O)NC1C.CCOC(=O)c1c(O)c2cccnc2n(OCc2ccccc2)c1=O. The normalized spacial score (nSPS) is 17.1. The number of aromatic hydroxyl groups is 1. The molecule has 6 unspecified atom stereocenters. The van der Waals surface area contributed by atoms with Gasteiger partial charge in [-0.3, -0.25) is 24.0 Å².